The lowest BCUT2D eigenvalue weighted by atomic mass is 10.1. The summed E-state index contributed by atoms with van der Waals surface area (Å²) in [7, 11) is -2.21. The molecule has 1 atom stereocenters. The van der Waals surface area contributed by atoms with Crippen molar-refractivity contribution in [1.82, 2.24) is 10.2 Å². The first kappa shape index (κ1) is 28.2. The molecule has 0 fully saturated rings. The van der Waals surface area contributed by atoms with E-state index in [2.05, 4.69) is 5.32 Å². The lowest BCUT2D eigenvalue weighted by molar-refractivity contribution is -0.140. The van der Waals surface area contributed by atoms with E-state index in [0.29, 0.717) is 11.4 Å². The summed E-state index contributed by atoms with van der Waals surface area (Å²) in [5.74, 6) is -0.135. The fraction of sp³-hybridized carbons (Fsp3) is 0.462. The van der Waals surface area contributed by atoms with Crippen LogP contribution in [0.25, 0.3) is 0 Å². The summed E-state index contributed by atoms with van der Waals surface area (Å²) in [4.78, 5) is 28.0. The van der Waals surface area contributed by atoms with Crippen molar-refractivity contribution in [3.8, 4) is 5.75 Å². The molecule has 8 nitrogen and oxygen atoms in total. The first-order valence-corrected chi connectivity index (χ1v) is 13.3. The molecular weight excluding hydrogens is 466 g/mol. The van der Waals surface area contributed by atoms with Crippen LogP contribution in [0.4, 0.5) is 5.69 Å². The van der Waals surface area contributed by atoms with Crippen molar-refractivity contribution in [2.24, 2.45) is 0 Å². The maximum absolute atomic E-state index is 13.6. The van der Waals surface area contributed by atoms with E-state index in [4.69, 9.17) is 4.74 Å². The summed E-state index contributed by atoms with van der Waals surface area (Å²) in [5, 5.41) is 2.91. The van der Waals surface area contributed by atoms with Crippen molar-refractivity contribution in [2.75, 3.05) is 24.2 Å². The molecule has 35 heavy (non-hydrogen) atoms. The second-order valence-corrected chi connectivity index (χ2v) is 11.8. The second kappa shape index (κ2) is 11.1. The number of ether oxygens (including phenoxy) is 1. The molecule has 2 aromatic rings. The van der Waals surface area contributed by atoms with Crippen molar-refractivity contribution >= 4 is 27.5 Å². The molecule has 192 valence electrons. The van der Waals surface area contributed by atoms with Gasteiger partial charge in [0.1, 0.15) is 18.3 Å². The largest absolute Gasteiger partial charge is 0.497 e. The van der Waals surface area contributed by atoms with E-state index in [1.165, 1.54) is 4.90 Å². The standard InChI is InChI=1S/C26H37N3O5S/c1-18-9-10-19(2)23(15-18)29(35(8,32)33)17-24(30)28(20(3)25(31)27-26(4,5)6)16-21-11-13-22(34-7)14-12-21/h9-15,20H,16-17H2,1-8H3,(H,27,31). The summed E-state index contributed by atoms with van der Waals surface area (Å²) < 4.78 is 31.8. The van der Waals surface area contributed by atoms with Crippen LogP contribution in [0.5, 0.6) is 5.75 Å². The van der Waals surface area contributed by atoms with Gasteiger partial charge in [-0.05, 0) is 76.4 Å². The van der Waals surface area contributed by atoms with Gasteiger partial charge in [0.15, 0.2) is 0 Å². The van der Waals surface area contributed by atoms with E-state index in [9.17, 15) is 18.0 Å². The Hall–Kier alpha value is -3.07. The Labute approximate surface area is 209 Å². The third-order valence-electron chi connectivity index (χ3n) is 5.49. The molecule has 0 radical (unpaired) electrons. The summed E-state index contributed by atoms with van der Waals surface area (Å²) >= 11 is 0. The molecule has 0 aromatic heterocycles. The number of hydrogen-bond donors (Lipinski definition) is 1. The normalized spacial score (nSPS) is 12.6. The molecule has 0 heterocycles. The first-order valence-electron chi connectivity index (χ1n) is 11.4. The quantitative estimate of drug-likeness (QED) is 0.566. The Bertz CT molecular complexity index is 1150. The van der Waals surface area contributed by atoms with Crippen LogP contribution in [-0.4, -0.2) is 56.6 Å². The van der Waals surface area contributed by atoms with E-state index < -0.39 is 34.1 Å². The average molecular weight is 504 g/mol. The van der Waals surface area contributed by atoms with E-state index in [-0.39, 0.29) is 12.5 Å². The van der Waals surface area contributed by atoms with Crippen molar-refractivity contribution in [3.63, 3.8) is 0 Å². The number of sulfonamides is 1. The number of anilines is 1. The van der Waals surface area contributed by atoms with E-state index >= 15 is 0 Å². The van der Waals surface area contributed by atoms with E-state index in [0.717, 1.165) is 27.3 Å². The SMILES string of the molecule is COc1ccc(CN(C(=O)CN(c2cc(C)ccc2C)S(C)(=O)=O)C(C)C(=O)NC(C)(C)C)cc1. The van der Waals surface area contributed by atoms with Gasteiger partial charge in [-0.25, -0.2) is 8.42 Å². The van der Waals surface area contributed by atoms with Gasteiger partial charge in [0.05, 0.1) is 19.1 Å². The molecule has 0 bridgehead atoms. The lowest BCUT2D eigenvalue weighted by Gasteiger charge is -2.33. The fourth-order valence-electron chi connectivity index (χ4n) is 3.57. The van der Waals surface area contributed by atoms with Crippen LogP contribution in [0.3, 0.4) is 0 Å². The number of carbonyl (C=O) groups excluding carboxylic acids is 2. The lowest BCUT2D eigenvalue weighted by Crippen LogP contribution is -2.54. The van der Waals surface area contributed by atoms with Crippen LogP contribution >= 0.6 is 0 Å². The number of benzene rings is 2. The zero-order chi connectivity index (χ0) is 26.6. The second-order valence-electron chi connectivity index (χ2n) is 9.84. The highest BCUT2D eigenvalue weighted by atomic mass is 32.2. The van der Waals surface area contributed by atoms with Gasteiger partial charge in [-0.3, -0.25) is 13.9 Å². The Balaban J connectivity index is 2.44. The minimum absolute atomic E-state index is 0.131. The van der Waals surface area contributed by atoms with E-state index in [1.807, 2.05) is 52.0 Å². The molecule has 2 amide bonds. The average Bonchev–Trinajstić information content (AvgIpc) is 2.75. The number of nitrogens with zero attached hydrogens (tertiary/aromatic N) is 2. The van der Waals surface area contributed by atoms with Crippen molar-refractivity contribution in [3.05, 3.63) is 59.2 Å². The molecule has 1 N–H and O–H groups in total. The molecule has 0 saturated heterocycles. The number of amides is 2. The zero-order valence-electron chi connectivity index (χ0n) is 21.9. The molecule has 0 saturated carbocycles. The highest BCUT2D eigenvalue weighted by Gasteiger charge is 2.31. The molecule has 9 heteroatoms. The molecule has 0 aliphatic heterocycles. The Morgan fingerprint density at radius 1 is 1.06 bits per heavy atom. The van der Waals surface area contributed by atoms with Crippen LogP contribution in [-0.2, 0) is 26.2 Å². The topological polar surface area (TPSA) is 96.0 Å². The van der Waals surface area contributed by atoms with E-state index in [1.54, 1.807) is 39.2 Å². The summed E-state index contributed by atoms with van der Waals surface area (Å²) in [6.45, 7) is 10.6. The third kappa shape index (κ3) is 7.99. The predicted molar refractivity (Wildman–Crippen MR) is 139 cm³/mol. The number of rotatable bonds is 9. The van der Waals surface area contributed by atoms with Crippen LogP contribution in [0.2, 0.25) is 0 Å². The van der Waals surface area contributed by atoms with Gasteiger partial charge in [-0.2, -0.15) is 0 Å². The summed E-state index contributed by atoms with van der Waals surface area (Å²) in [6, 6.07) is 11.8. The van der Waals surface area contributed by atoms with Gasteiger partial charge in [-0.1, -0.05) is 24.3 Å². The number of methoxy groups -OCH3 is 1. The number of aryl methyl sites for hydroxylation is 2. The molecule has 2 aromatic carbocycles. The Morgan fingerprint density at radius 2 is 1.66 bits per heavy atom. The van der Waals surface area contributed by atoms with Crippen molar-refractivity contribution in [1.29, 1.82) is 0 Å². The highest BCUT2D eigenvalue weighted by molar-refractivity contribution is 7.92. The minimum Gasteiger partial charge on any atom is -0.497 e. The summed E-state index contributed by atoms with van der Waals surface area (Å²) in [6.07, 6.45) is 1.08. The maximum Gasteiger partial charge on any atom is 0.244 e. The third-order valence-corrected chi connectivity index (χ3v) is 6.62. The monoisotopic (exact) mass is 503 g/mol. The fourth-order valence-corrected chi connectivity index (χ4v) is 4.47. The first-order chi connectivity index (χ1) is 16.1. The summed E-state index contributed by atoms with van der Waals surface area (Å²) in [5.41, 5.74) is 2.34. The van der Waals surface area contributed by atoms with Gasteiger partial charge in [0, 0.05) is 12.1 Å². The Morgan fingerprint density at radius 3 is 2.17 bits per heavy atom. The number of nitrogens with one attached hydrogen (secondary N) is 1. The number of hydrogen-bond acceptors (Lipinski definition) is 5. The van der Waals surface area contributed by atoms with Crippen LogP contribution in [0, 0.1) is 13.8 Å². The maximum atomic E-state index is 13.6. The van der Waals surface area contributed by atoms with Gasteiger partial charge in [0.25, 0.3) is 0 Å². The predicted octanol–water partition coefficient (Wildman–Crippen LogP) is 3.41. The molecule has 1 unspecified atom stereocenters. The van der Waals surface area contributed by atoms with Gasteiger partial charge in [0.2, 0.25) is 21.8 Å². The molecule has 0 aliphatic rings. The van der Waals surface area contributed by atoms with Gasteiger partial charge >= 0.3 is 0 Å². The molecular formula is C26H37N3O5S. The van der Waals surface area contributed by atoms with Crippen LogP contribution in [0.15, 0.2) is 42.5 Å². The van der Waals surface area contributed by atoms with Crippen molar-refractivity contribution < 1.29 is 22.7 Å². The minimum atomic E-state index is -3.77. The van der Waals surface area contributed by atoms with Crippen LogP contribution < -0.4 is 14.4 Å². The molecule has 2 rings (SSSR count). The number of carbonyl (C=O) groups is 2. The van der Waals surface area contributed by atoms with Gasteiger partial charge < -0.3 is 15.0 Å². The Kier molecular flexibility index (Phi) is 8.94. The molecule has 0 spiro atoms. The molecule has 0 aliphatic carbocycles. The highest BCUT2D eigenvalue weighted by Crippen LogP contribution is 2.25. The van der Waals surface area contributed by atoms with Gasteiger partial charge in [-0.15, -0.1) is 0 Å². The van der Waals surface area contributed by atoms with Crippen molar-refractivity contribution in [2.45, 2.75) is 59.7 Å². The zero-order valence-corrected chi connectivity index (χ0v) is 22.7. The smallest absolute Gasteiger partial charge is 0.244 e. The van der Waals surface area contributed by atoms with Crippen LogP contribution in [0.1, 0.15) is 44.4 Å².